The molecule has 1 saturated heterocycles. The van der Waals surface area contributed by atoms with Crippen molar-refractivity contribution in [2.75, 3.05) is 19.6 Å². The first-order valence-electron chi connectivity index (χ1n) is 20.8. The Balaban J connectivity index is 1.44. The Morgan fingerprint density at radius 1 is 0.704 bits per heavy atom. The number of benzene rings is 3. The molecular formula is C46H66N2O6. The van der Waals surface area contributed by atoms with E-state index in [4.69, 9.17) is 14.6 Å². The van der Waals surface area contributed by atoms with Crippen molar-refractivity contribution in [2.45, 2.75) is 148 Å². The third-order valence-electron chi connectivity index (χ3n) is 10.5. The average Bonchev–Trinajstić information content (AvgIpc) is 3.19. The lowest BCUT2D eigenvalue weighted by Gasteiger charge is -2.38. The monoisotopic (exact) mass is 742 g/mol. The summed E-state index contributed by atoms with van der Waals surface area (Å²) in [6.45, 7) is 8.04. The maximum absolute atomic E-state index is 12.2. The van der Waals surface area contributed by atoms with Gasteiger partial charge in [0.15, 0.2) is 6.29 Å². The fourth-order valence-electron chi connectivity index (χ4n) is 7.23. The van der Waals surface area contributed by atoms with Crippen molar-refractivity contribution in [3.8, 4) is 11.1 Å². The number of ether oxygens (including phenoxy) is 2. The summed E-state index contributed by atoms with van der Waals surface area (Å²) in [4.78, 5) is 25.6. The number of nitrogens with one attached hydrogen (secondary N) is 1. The standard InChI is InChI=1S/C46H66N2O6/c1-3-5-7-9-11-13-29-48(30-14-12-10-8-6-4-2)34-42-32-43(39-23-21-36(35-49)22-24-39)54-46(53-42)40-27-25-38(26-28-40)41-18-15-17-37(31-41)33-47-44(50)19-16-20-45(51)52/h15,17-18,21-28,31,42-43,46,49H,3-14,16,19-20,29-30,32-35H2,1-2H3,(H,47,50)(H,51,52)/t42-,43+,46+/m0/s1. The quantitative estimate of drug-likeness (QED) is 0.0703. The number of aliphatic carboxylic acids is 1. The highest BCUT2D eigenvalue weighted by Gasteiger charge is 2.33. The Bertz CT molecular complexity index is 1480. The Morgan fingerprint density at radius 3 is 1.96 bits per heavy atom. The van der Waals surface area contributed by atoms with Crippen LogP contribution in [-0.4, -0.2) is 52.7 Å². The fraction of sp³-hybridized carbons (Fsp3) is 0.565. The Kier molecular flexibility index (Phi) is 19.8. The molecule has 3 aromatic rings. The van der Waals surface area contributed by atoms with Crippen molar-refractivity contribution in [3.63, 3.8) is 0 Å². The van der Waals surface area contributed by atoms with Gasteiger partial charge < -0.3 is 29.9 Å². The number of carbonyl (C=O) groups excluding carboxylic acids is 1. The molecule has 0 saturated carbocycles. The number of carboxylic acids is 1. The van der Waals surface area contributed by atoms with E-state index in [9.17, 15) is 14.7 Å². The van der Waals surface area contributed by atoms with Gasteiger partial charge in [-0.3, -0.25) is 9.59 Å². The van der Waals surface area contributed by atoms with Gasteiger partial charge in [-0.1, -0.05) is 145 Å². The number of nitrogens with zero attached hydrogens (tertiary/aromatic N) is 1. The number of amides is 1. The summed E-state index contributed by atoms with van der Waals surface area (Å²) < 4.78 is 13.5. The van der Waals surface area contributed by atoms with Crippen molar-refractivity contribution in [3.05, 3.63) is 95.1 Å². The molecule has 0 aliphatic carbocycles. The highest BCUT2D eigenvalue weighted by Crippen LogP contribution is 2.39. The third-order valence-corrected chi connectivity index (χ3v) is 10.5. The van der Waals surface area contributed by atoms with E-state index in [0.717, 1.165) is 59.4 Å². The molecule has 0 spiro atoms. The van der Waals surface area contributed by atoms with Crippen LogP contribution >= 0.6 is 0 Å². The maximum Gasteiger partial charge on any atom is 0.303 e. The van der Waals surface area contributed by atoms with Crippen molar-refractivity contribution < 1.29 is 29.3 Å². The summed E-state index contributed by atoms with van der Waals surface area (Å²) in [5.74, 6) is -1.03. The van der Waals surface area contributed by atoms with Gasteiger partial charge in [0, 0.05) is 37.9 Å². The summed E-state index contributed by atoms with van der Waals surface area (Å²) >= 11 is 0. The molecule has 3 aromatic carbocycles. The lowest BCUT2D eigenvalue weighted by atomic mass is 9.98. The molecule has 1 aliphatic rings. The molecule has 4 rings (SSSR count). The summed E-state index contributed by atoms with van der Waals surface area (Å²) in [6.07, 6.45) is 16.2. The summed E-state index contributed by atoms with van der Waals surface area (Å²) in [5.41, 5.74) is 6.05. The van der Waals surface area contributed by atoms with E-state index in [2.05, 4.69) is 72.6 Å². The van der Waals surface area contributed by atoms with Gasteiger partial charge in [0.05, 0.1) is 18.8 Å². The molecule has 1 fully saturated rings. The van der Waals surface area contributed by atoms with Crippen LogP contribution in [0.4, 0.5) is 0 Å². The number of rotatable bonds is 26. The van der Waals surface area contributed by atoms with Crippen LogP contribution in [0.5, 0.6) is 0 Å². The number of aliphatic hydroxyl groups excluding tert-OH is 1. The van der Waals surface area contributed by atoms with Gasteiger partial charge in [-0.15, -0.1) is 0 Å². The zero-order valence-corrected chi connectivity index (χ0v) is 33.0. The number of carboxylic acid groups (broad SMARTS) is 1. The minimum Gasteiger partial charge on any atom is -0.481 e. The van der Waals surface area contributed by atoms with Crippen LogP contribution in [-0.2, 0) is 32.2 Å². The molecule has 0 radical (unpaired) electrons. The normalized spacial score (nSPS) is 17.1. The zero-order chi connectivity index (χ0) is 38.4. The first kappa shape index (κ1) is 43.2. The van der Waals surface area contributed by atoms with Crippen LogP contribution in [0.25, 0.3) is 11.1 Å². The molecule has 296 valence electrons. The van der Waals surface area contributed by atoms with Gasteiger partial charge in [0.25, 0.3) is 0 Å². The third kappa shape index (κ3) is 15.7. The van der Waals surface area contributed by atoms with E-state index in [0.29, 0.717) is 13.0 Å². The van der Waals surface area contributed by atoms with E-state index < -0.39 is 12.3 Å². The summed E-state index contributed by atoms with van der Waals surface area (Å²) in [6, 6.07) is 24.6. The second-order valence-electron chi connectivity index (χ2n) is 15.0. The maximum atomic E-state index is 12.2. The highest BCUT2D eigenvalue weighted by molar-refractivity contribution is 5.76. The number of aliphatic hydroxyl groups is 1. The Labute approximate surface area is 324 Å². The number of hydrogen-bond donors (Lipinski definition) is 3. The van der Waals surface area contributed by atoms with E-state index in [1.165, 1.54) is 77.0 Å². The van der Waals surface area contributed by atoms with Crippen molar-refractivity contribution >= 4 is 11.9 Å². The summed E-state index contributed by atoms with van der Waals surface area (Å²) in [7, 11) is 0. The first-order chi connectivity index (χ1) is 26.4. The smallest absolute Gasteiger partial charge is 0.303 e. The minimum absolute atomic E-state index is 0.00811. The second kappa shape index (κ2) is 24.8. The van der Waals surface area contributed by atoms with Gasteiger partial charge in [0.2, 0.25) is 5.91 Å². The van der Waals surface area contributed by atoms with Gasteiger partial charge >= 0.3 is 5.97 Å². The zero-order valence-electron chi connectivity index (χ0n) is 33.0. The fourth-order valence-corrected chi connectivity index (χ4v) is 7.23. The van der Waals surface area contributed by atoms with E-state index in [-0.39, 0.29) is 37.6 Å². The molecule has 0 unspecified atom stereocenters. The summed E-state index contributed by atoms with van der Waals surface area (Å²) in [5, 5.41) is 21.4. The topological polar surface area (TPSA) is 108 Å². The molecule has 1 amide bonds. The van der Waals surface area contributed by atoms with Crippen molar-refractivity contribution in [1.82, 2.24) is 10.2 Å². The molecule has 3 N–H and O–H groups in total. The average molecular weight is 743 g/mol. The predicted molar refractivity (Wildman–Crippen MR) is 217 cm³/mol. The van der Waals surface area contributed by atoms with Gasteiger partial charge in [0.1, 0.15) is 0 Å². The van der Waals surface area contributed by atoms with Gasteiger partial charge in [-0.05, 0) is 66.2 Å². The van der Waals surface area contributed by atoms with E-state index >= 15 is 0 Å². The molecule has 8 heteroatoms. The van der Waals surface area contributed by atoms with Gasteiger partial charge in [-0.2, -0.15) is 0 Å². The largest absolute Gasteiger partial charge is 0.481 e. The van der Waals surface area contributed by atoms with Crippen LogP contribution < -0.4 is 5.32 Å². The van der Waals surface area contributed by atoms with E-state index in [1.807, 2.05) is 24.3 Å². The minimum atomic E-state index is -0.888. The molecule has 8 nitrogen and oxygen atoms in total. The highest BCUT2D eigenvalue weighted by atomic mass is 16.7. The lowest BCUT2D eigenvalue weighted by Crippen LogP contribution is -2.40. The molecule has 0 bridgehead atoms. The molecule has 54 heavy (non-hydrogen) atoms. The molecule has 0 aromatic heterocycles. The van der Waals surface area contributed by atoms with Crippen LogP contribution in [0.2, 0.25) is 0 Å². The van der Waals surface area contributed by atoms with Gasteiger partial charge in [-0.25, -0.2) is 0 Å². The number of carbonyl (C=O) groups is 2. The SMILES string of the molecule is CCCCCCCCN(CCCCCCCC)C[C@@H]1C[C@H](c2ccc(CO)cc2)O[C@H](c2ccc(-c3cccc(CNC(=O)CCCC(=O)O)c3)cc2)O1. The first-order valence-corrected chi connectivity index (χ1v) is 20.8. The van der Waals surface area contributed by atoms with Crippen molar-refractivity contribution in [1.29, 1.82) is 0 Å². The number of hydrogen-bond acceptors (Lipinski definition) is 6. The molecule has 1 heterocycles. The Hall–Kier alpha value is -3.56. The van der Waals surface area contributed by atoms with Crippen LogP contribution in [0, 0.1) is 0 Å². The predicted octanol–water partition coefficient (Wildman–Crippen LogP) is 10.3. The second-order valence-corrected chi connectivity index (χ2v) is 15.0. The molecule has 3 atom stereocenters. The number of unbranched alkanes of at least 4 members (excludes halogenated alkanes) is 10. The van der Waals surface area contributed by atoms with Crippen molar-refractivity contribution in [2.24, 2.45) is 0 Å². The lowest BCUT2D eigenvalue weighted by molar-refractivity contribution is -0.253. The Morgan fingerprint density at radius 2 is 1.33 bits per heavy atom. The van der Waals surface area contributed by atoms with Crippen LogP contribution in [0.1, 0.15) is 151 Å². The van der Waals surface area contributed by atoms with E-state index in [1.54, 1.807) is 0 Å². The molecule has 1 aliphatic heterocycles. The molecular weight excluding hydrogens is 677 g/mol. The van der Waals surface area contributed by atoms with Crippen LogP contribution in [0.15, 0.2) is 72.8 Å². The van der Waals surface area contributed by atoms with Crippen LogP contribution in [0.3, 0.4) is 0 Å².